The minimum absolute atomic E-state index is 0.347. The van der Waals surface area contributed by atoms with Gasteiger partial charge in [0.2, 0.25) is 0 Å². The highest BCUT2D eigenvalue weighted by Gasteiger charge is 2.29. The Labute approximate surface area is 201 Å². The fraction of sp³-hybridized carbons (Fsp3) is 0.423. The molecule has 1 amide bonds. The lowest BCUT2D eigenvalue weighted by Gasteiger charge is -2.36. The van der Waals surface area contributed by atoms with Crippen LogP contribution in [0.3, 0.4) is 0 Å². The zero-order chi connectivity index (χ0) is 24.9. The molecule has 184 valence electrons. The standard InChI is InChI=1S/C26H35N3O5/c1-4-28(17-21-12-8-6-9-13-21)29(18-25(31)32)26(33)20(3)27-24(34-5-2)16-23(19-30)22-14-10-7-11-15-22/h6-15,19-20,23-24,27H,4-5,16-18H2,1-3H3,(H,31,32)/t20-,23?,24-/m0/s1. The van der Waals surface area contributed by atoms with E-state index in [0.29, 0.717) is 26.1 Å². The number of nitrogens with zero attached hydrogens (tertiary/aromatic N) is 2. The van der Waals surface area contributed by atoms with Gasteiger partial charge in [-0.05, 0) is 25.0 Å². The lowest BCUT2D eigenvalue weighted by molar-refractivity contribution is -0.162. The van der Waals surface area contributed by atoms with Gasteiger partial charge in [0.1, 0.15) is 19.1 Å². The summed E-state index contributed by atoms with van der Waals surface area (Å²) >= 11 is 0. The highest BCUT2D eigenvalue weighted by molar-refractivity contribution is 5.84. The van der Waals surface area contributed by atoms with Crippen LogP contribution in [0.25, 0.3) is 0 Å². The van der Waals surface area contributed by atoms with Gasteiger partial charge in [0.05, 0.1) is 6.04 Å². The highest BCUT2D eigenvalue weighted by atomic mass is 16.5. The van der Waals surface area contributed by atoms with Crippen molar-refractivity contribution in [2.45, 2.75) is 51.9 Å². The van der Waals surface area contributed by atoms with E-state index >= 15 is 0 Å². The number of amides is 1. The third-order valence-corrected chi connectivity index (χ3v) is 5.49. The summed E-state index contributed by atoms with van der Waals surface area (Å²) in [5.74, 6) is -1.88. The Bertz CT molecular complexity index is 894. The van der Waals surface area contributed by atoms with Crippen molar-refractivity contribution in [1.29, 1.82) is 0 Å². The van der Waals surface area contributed by atoms with Crippen molar-refractivity contribution < 1.29 is 24.2 Å². The molecule has 3 atom stereocenters. The number of hydrogen-bond donors (Lipinski definition) is 2. The molecule has 2 aromatic carbocycles. The van der Waals surface area contributed by atoms with Crippen molar-refractivity contribution >= 4 is 18.2 Å². The van der Waals surface area contributed by atoms with Gasteiger partial charge >= 0.3 is 5.97 Å². The Morgan fingerprint density at radius 1 is 1.06 bits per heavy atom. The number of nitrogens with one attached hydrogen (secondary N) is 1. The first kappa shape index (κ1) is 27.2. The Hall–Kier alpha value is -3.07. The Kier molecular flexibility index (Phi) is 11.4. The van der Waals surface area contributed by atoms with E-state index in [0.717, 1.165) is 17.4 Å². The average molecular weight is 470 g/mol. The third kappa shape index (κ3) is 8.37. The van der Waals surface area contributed by atoms with Crippen LogP contribution in [0.5, 0.6) is 0 Å². The summed E-state index contributed by atoms with van der Waals surface area (Å²) in [4.78, 5) is 36.7. The molecule has 0 aliphatic rings. The number of ether oxygens (including phenoxy) is 1. The summed E-state index contributed by atoms with van der Waals surface area (Å²) in [6.45, 7) is 6.20. The van der Waals surface area contributed by atoms with Crippen molar-refractivity contribution in [2.24, 2.45) is 0 Å². The van der Waals surface area contributed by atoms with Gasteiger partial charge < -0.3 is 14.6 Å². The molecule has 0 radical (unpaired) electrons. The van der Waals surface area contributed by atoms with Crippen LogP contribution in [0.1, 0.15) is 44.2 Å². The number of carbonyl (C=O) groups excluding carboxylic acids is 2. The lowest BCUT2D eigenvalue weighted by atomic mass is 9.96. The smallest absolute Gasteiger partial charge is 0.324 e. The molecule has 2 rings (SSSR count). The molecule has 8 heteroatoms. The first-order valence-electron chi connectivity index (χ1n) is 11.6. The summed E-state index contributed by atoms with van der Waals surface area (Å²) in [7, 11) is 0. The number of hydrazine groups is 1. The van der Waals surface area contributed by atoms with Crippen LogP contribution in [0.2, 0.25) is 0 Å². The van der Waals surface area contributed by atoms with E-state index < -0.39 is 30.7 Å². The second kappa shape index (κ2) is 14.2. The van der Waals surface area contributed by atoms with E-state index in [1.54, 1.807) is 11.9 Å². The van der Waals surface area contributed by atoms with Crippen molar-refractivity contribution in [3.8, 4) is 0 Å². The monoisotopic (exact) mass is 469 g/mol. The molecule has 0 heterocycles. The number of aliphatic carboxylic acids is 1. The molecule has 1 unspecified atom stereocenters. The van der Waals surface area contributed by atoms with Crippen molar-refractivity contribution in [2.75, 3.05) is 19.7 Å². The number of rotatable bonds is 15. The SMILES string of the molecule is CCO[C@@H](CC(C=O)c1ccccc1)N[C@@H](C)C(=O)N(CC(=O)O)N(CC)Cc1ccccc1. The molecule has 8 nitrogen and oxygen atoms in total. The van der Waals surface area contributed by atoms with Gasteiger partial charge in [-0.2, -0.15) is 0 Å². The molecule has 0 bridgehead atoms. The number of carbonyl (C=O) groups is 3. The van der Waals surface area contributed by atoms with Gasteiger partial charge in [-0.25, -0.2) is 5.01 Å². The molecule has 0 saturated heterocycles. The van der Waals surface area contributed by atoms with E-state index in [1.807, 2.05) is 74.5 Å². The van der Waals surface area contributed by atoms with Gasteiger partial charge in [0.15, 0.2) is 0 Å². The van der Waals surface area contributed by atoms with Gasteiger partial charge in [-0.1, -0.05) is 67.6 Å². The molecule has 2 N–H and O–H groups in total. The highest BCUT2D eigenvalue weighted by Crippen LogP contribution is 2.20. The fourth-order valence-electron chi connectivity index (χ4n) is 3.77. The van der Waals surface area contributed by atoms with E-state index in [9.17, 15) is 19.5 Å². The summed E-state index contributed by atoms with van der Waals surface area (Å²) < 4.78 is 5.79. The van der Waals surface area contributed by atoms with E-state index in [-0.39, 0.29) is 5.91 Å². The second-order valence-electron chi connectivity index (χ2n) is 7.98. The first-order chi connectivity index (χ1) is 16.4. The molecule has 0 aliphatic heterocycles. The van der Waals surface area contributed by atoms with Crippen LogP contribution in [-0.4, -0.2) is 65.3 Å². The zero-order valence-electron chi connectivity index (χ0n) is 20.1. The van der Waals surface area contributed by atoms with Crippen LogP contribution in [0.4, 0.5) is 0 Å². The maximum Gasteiger partial charge on any atom is 0.324 e. The van der Waals surface area contributed by atoms with Gasteiger partial charge in [0.25, 0.3) is 5.91 Å². The number of carboxylic acid groups (broad SMARTS) is 1. The predicted molar refractivity (Wildman–Crippen MR) is 130 cm³/mol. The van der Waals surface area contributed by atoms with Gasteiger partial charge in [0, 0.05) is 32.0 Å². The average Bonchev–Trinajstić information content (AvgIpc) is 2.85. The molecule has 0 aliphatic carbocycles. The number of hydrogen-bond acceptors (Lipinski definition) is 6. The molecule has 34 heavy (non-hydrogen) atoms. The van der Waals surface area contributed by atoms with E-state index in [1.165, 1.54) is 5.01 Å². The molecular formula is C26H35N3O5. The van der Waals surface area contributed by atoms with Crippen LogP contribution in [0.15, 0.2) is 60.7 Å². The molecular weight excluding hydrogens is 434 g/mol. The minimum atomic E-state index is -1.10. The normalized spacial score (nSPS) is 13.8. The summed E-state index contributed by atoms with van der Waals surface area (Å²) in [5, 5.41) is 15.6. The Morgan fingerprint density at radius 3 is 2.21 bits per heavy atom. The Balaban J connectivity index is 2.15. The van der Waals surface area contributed by atoms with Crippen molar-refractivity contribution in [3.05, 3.63) is 71.8 Å². The summed E-state index contributed by atoms with van der Waals surface area (Å²) in [6.07, 6.45) is 0.667. The zero-order valence-corrected chi connectivity index (χ0v) is 20.1. The quantitative estimate of drug-likeness (QED) is 0.235. The maximum atomic E-state index is 13.4. The number of benzene rings is 2. The van der Waals surface area contributed by atoms with Crippen LogP contribution in [0, 0.1) is 0 Å². The van der Waals surface area contributed by atoms with E-state index in [2.05, 4.69) is 5.32 Å². The summed E-state index contributed by atoms with van der Waals surface area (Å²) in [5.41, 5.74) is 1.84. The lowest BCUT2D eigenvalue weighted by Crippen LogP contribution is -2.56. The van der Waals surface area contributed by atoms with Crippen LogP contribution in [-0.2, 0) is 25.7 Å². The topological polar surface area (TPSA) is 99.2 Å². The van der Waals surface area contributed by atoms with Crippen molar-refractivity contribution in [1.82, 2.24) is 15.3 Å². The number of aldehydes is 1. The summed E-state index contributed by atoms with van der Waals surface area (Å²) in [6, 6.07) is 18.2. The van der Waals surface area contributed by atoms with Crippen molar-refractivity contribution in [3.63, 3.8) is 0 Å². The molecule has 0 saturated carbocycles. The molecule has 0 fully saturated rings. The van der Waals surface area contributed by atoms with Gasteiger partial charge in [-0.3, -0.25) is 19.9 Å². The van der Waals surface area contributed by atoms with E-state index in [4.69, 9.17) is 4.74 Å². The maximum absolute atomic E-state index is 13.4. The fourth-order valence-corrected chi connectivity index (χ4v) is 3.77. The van der Waals surface area contributed by atoms with Crippen LogP contribution < -0.4 is 5.32 Å². The largest absolute Gasteiger partial charge is 0.480 e. The van der Waals surface area contributed by atoms with Gasteiger partial charge in [-0.15, -0.1) is 0 Å². The first-order valence-corrected chi connectivity index (χ1v) is 11.6. The Morgan fingerprint density at radius 2 is 1.68 bits per heavy atom. The third-order valence-electron chi connectivity index (χ3n) is 5.49. The molecule has 0 aromatic heterocycles. The molecule has 0 spiro atoms. The number of carboxylic acids is 1. The minimum Gasteiger partial charge on any atom is -0.480 e. The predicted octanol–water partition coefficient (Wildman–Crippen LogP) is 3.05. The molecule has 2 aromatic rings. The second-order valence-corrected chi connectivity index (χ2v) is 7.98. The van der Waals surface area contributed by atoms with Crippen LogP contribution >= 0.6 is 0 Å².